The van der Waals surface area contributed by atoms with Crippen molar-refractivity contribution in [1.29, 1.82) is 0 Å². The average molecular weight is 586 g/mol. The van der Waals surface area contributed by atoms with Crippen LogP contribution in [0.1, 0.15) is 141 Å². The predicted octanol–water partition coefficient (Wildman–Crippen LogP) is 7.92. The number of carbonyl (C=O) groups is 3. The molecule has 1 aliphatic rings. The van der Waals surface area contributed by atoms with Crippen LogP contribution in [0.3, 0.4) is 0 Å². The number of alkyl carbamates (subject to hydrolysis) is 1. The third-order valence-electron chi connectivity index (χ3n) is 7.96. The van der Waals surface area contributed by atoms with Gasteiger partial charge in [-0.2, -0.15) is 0 Å². The topological polar surface area (TPSA) is 87.7 Å². The average Bonchev–Trinajstić information content (AvgIpc) is 2.89. The van der Waals surface area contributed by atoms with Crippen molar-refractivity contribution in [3.05, 3.63) is 34.9 Å². The van der Waals surface area contributed by atoms with Crippen LogP contribution in [0.15, 0.2) is 18.2 Å². The first-order chi connectivity index (χ1) is 19.8. The van der Waals surface area contributed by atoms with E-state index in [4.69, 9.17) is 4.74 Å². The van der Waals surface area contributed by atoms with Crippen molar-refractivity contribution < 1.29 is 19.1 Å². The predicted molar refractivity (Wildman–Crippen MR) is 171 cm³/mol. The number of hydrogen-bond acceptors (Lipinski definition) is 4. The van der Waals surface area contributed by atoms with Crippen molar-refractivity contribution in [2.75, 3.05) is 6.54 Å². The second-order valence-electron chi connectivity index (χ2n) is 13.7. The minimum absolute atomic E-state index is 0.122. The molecule has 1 fully saturated rings. The summed E-state index contributed by atoms with van der Waals surface area (Å²) in [6.45, 7) is 16.2. The molecule has 0 aromatic heterocycles. The summed E-state index contributed by atoms with van der Waals surface area (Å²) in [7, 11) is 0. The number of nitrogens with zero attached hydrogens (tertiary/aromatic N) is 1. The third-order valence-corrected chi connectivity index (χ3v) is 7.96. The number of aryl methyl sites for hydroxylation is 2. The first kappa shape index (κ1) is 35.6. The molecule has 2 N–H and O–H groups in total. The van der Waals surface area contributed by atoms with Gasteiger partial charge in [0.15, 0.2) is 0 Å². The molecule has 2 atom stereocenters. The van der Waals surface area contributed by atoms with Crippen LogP contribution in [-0.4, -0.2) is 47.0 Å². The van der Waals surface area contributed by atoms with Crippen molar-refractivity contribution in [1.82, 2.24) is 15.5 Å². The van der Waals surface area contributed by atoms with Crippen LogP contribution in [-0.2, 0) is 14.3 Å². The number of nitrogens with one attached hydrogen (secondary N) is 2. The molecule has 1 saturated carbocycles. The van der Waals surface area contributed by atoms with Crippen molar-refractivity contribution in [3.8, 4) is 0 Å². The second-order valence-corrected chi connectivity index (χ2v) is 13.7. The quantitative estimate of drug-likeness (QED) is 0.205. The minimum atomic E-state index is -0.796. The summed E-state index contributed by atoms with van der Waals surface area (Å²) in [6.07, 6.45) is 11.6. The molecule has 3 amide bonds. The standard InChI is InChI=1S/C35H59N3O4/c1-9-10-11-12-13-17-22-38(33(40)30(23-25(2)3)37-34(41)42-35(6,7)8)31(29-21-20-26(4)24-27(29)5)32(39)36-28-18-15-14-16-19-28/h20-21,24-25,28,30-31H,9-19,22-23H2,1-8H3,(H,36,39)(H,37,41). The van der Waals surface area contributed by atoms with E-state index in [2.05, 4.69) is 23.6 Å². The van der Waals surface area contributed by atoms with Crippen LogP contribution in [0.25, 0.3) is 0 Å². The molecule has 0 radical (unpaired) electrons. The highest BCUT2D eigenvalue weighted by molar-refractivity contribution is 5.92. The number of benzene rings is 1. The summed E-state index contributed by atoms with van der Waals surface area (Å²) in [5.74, 6) is -0.207. The molecule has 2 rings (SSSR count). The van der Waals surface area contributed by atoms with Gasteiger partial charge < -0.3 is 20.3 Å². The van der Waals surface area contributed by atoms with Crippen LogP contribution in [0.5, 0.6) is 0 Å². The van der Waals surface area contributed by atoms with Crippen molar-refractivity contribution in [2.45, 2.75) is 156 Å². The van der Waals surface area contributed by atoms with E-state index in [-0.39, 0.29) is 23.8 Å². The van der Waals surface area contributed by atoms with Gasteiger partial charge >= 0.3 is 6.09 Å². The monoisotopic (exact) mass is 585 g/mol. The van der Waals surface area contributed by atoms with Gasteiger partial charge in [-0.1, -0.05) is 95.9 Å². The fourth-order valence-electron chi connectivity index (χ4n) is 5.88. The Kier molecular flexibility index (Phi) is 14.9. The Morgan fingerprint density at radius 2 is 1.62 bits per heavy atom. The zero-order chi connectivity index (χ0) is 31.3. The van der Waals surface area contributed by atoms with Gasteiger partial charge in [0.05, 0.1) is 0 Å². The maximum Gasteiger partial charge on any atom is 0.408 e. The fourth-order valence-corrected chi connectivity index (χ4v) is 5.88. The molecule has 1 aliphatic carbocycles. The van der Waals surface area contributed by atoms with E-state index in [1.807, 2.05) is 60.6 Å². The zero-order valence-corrected chi connectivity index (χ0v) is 27.8. The molecule has 0 spiro atoms. The Hall–Kier alpha value is -2.57. The van der Waals surface area contributed by atoms with E-state index in [0.717, 1.165) is 61.6 Å². The Morgan fingerprint density at radius 3 is 2.21 bits per heavy atom. The van der Waals surface area contributed by atoms with E-state index >= 15 is 0 Å². The molecule has 42 heavy (non-hydrogen) atoms. The minimum Gasteiger partial charge on any atom is -0.444 e. The summed E-state index contributed by atoms with van der Waals surface area (Å²) >= 11 is 0. The SMILES string of the molecule is CCCCCCCCN(C(=O)C(CC(C)C)NC(=O)OC(C)(C)C)C(C(=O)NC1CCCCC1)c1ccc(C)cc1C. The number of rotatable bonds is 15. The first-order valence-electron chi connectivity index (χ1n) is 16.5. The molecule has 7 nitrogen and oxygen atoms in total. The summed E-state index contributed by atoms with van der Waals surface area (Å²) in [5, 5.41) is 6.19. The van der Waals surface area contributed by atoms with E-state index in [1.165, 1.54) is 25.7 Å². The Bertz CT molecular complexity index is 994. The van der Waals surface area contributed by atoms with Crippen LogP contribution >= 0.6 is 0 Å². The summed E-state index contributed by atoms with van der Waals surface area (Å²) in [6, 6.07) is 4.64. The highest BCUT2D eigenvalue weighted by atomic mass is 16.6. The molecule has 0 saturated heterocycles. The molecule has 0 heterocycles. The lowest BCUT2D eigenvalue weighted by Gasteiger charge is -2.36. The number of hydrogen-bond donors (Lipinski definition) is 2. The molecule has 0 aliphatic heterocycles. The molecular weight excluding hydrogens is 526 g/mol. The van der Waals surface area contributed by atoms with Crippen molar-refractivity contribution >= 4 is 17.9 Å². The first-order valence-corrected chi connectivity index (χ1v) is 16.5. The van der Waals surface area contributed by atoms with E-state index in [9.17, 15) is 14.4 Å². The molecule has 1 aromatic carbocycles. The molecular formula is C35H59N3O4. The second kappa shape index (κ2) is 17.5. The number of carbonyl (C=O) groups excluding carboxylic acids is 3. The Morgan fingerprint density at radius 1 is 0.976 bits per heavy atom. The summed E-state index contributed by atoms with van der Waals surface area (Å²) < 4.78 is 5.54. The van der Waals surface area contributed by atoms with E-state index in [0.29, 0.717) is 13.0 Å². The highest BCUT2D eigenvalue weighted by Gasteiger charge is 2.37. The van der Waals surface area contributed by atoms with Gasteiger partial charge in [0.1, 0.15) is 17.7 Å². The highest BCUT2D eigenvalue weighted by Crippen LogP contribution is 2.29. The maximum absolute atomic E-state index is 14.5. The molecule has 1 aromatic rings. The van der Waals surface area contributed by atoms with Gasteiger partial charge in [-0.25, -0.2) is 4.79 Å². The van der Waals surface area contributed by atoms with Gasteiger partial charge in [-0.05, 0) is 77.3 Å². The van der Waals surface area contributed by atoms with Gasteiger partial charge in [0, 0.05) is 12.6 Å². The maximum atomic E-state index is 14.5. The lowest BCUT2D eigenvalue weighted by Crippen LogP contribution is -2.54. The van der Waals surface area contributed by atoms with E-state index < -0.39 is 23.8 Å². The fraction of sp³-hybridized carbons (Fsp3) is 0.743. The van der Waals surface area contributed by atoms with Crippen LogP contribution < -0.4 is 10.6 Å². The summed E-state index contributed by atoms with van der Waals surface area (Å²) in [4.78, 5) is 43.4. The van der Waals surface area contributed by atoms with Gasteiger partial charge in [0.25, 0.3) is 0 Å². The lowest BCUT2D eigenvalue weighted by atomic mass is 9.92. The van der Waals surface area contributed by atoms with E-state index in [1.54, 1.807) is 4.90 Å². The van der Waals surface area contributed by atoms with Crippen molar-refractivity contribution in [3.63, 3.8) is 0 Å². The molecule has 238 valence electrons. The normalized spacial score (nSPS) is 15.6. The number of unbranched alkanes of at least 4 members (excludes halogenated alkanes) is 5. The largest absolute Gasteiger partial charge is 0.444 e. The number of amides is 3. The third kappa shape index (κ3) is 12.3. The lowest BCUT2D eigenvalue weighted by molar-refractivity contribution is -0.143. The Labute approximate surface area is 255 Å². The van der Waals surface area contributed by atoms with Crippen LogP contribution in [0, 0.1) is 19.8 Å². The van der Waals surface area contributed by atoms with Gasteiger partial charge in [-0.3, -0.25) is 9.59 Å². The van der Waals surface area contributed by atoms with Crippen LogP contribution in [0.4, 0.5) is 4.79 Å². The zero-order valence-electron chi connectivity index (χ0n) is 27.8. The van der Waals surface area contributed by atoms with Gasteiger partial charge in [0.2, 0.25) is 11.8 Å². The van der Waals surface area contributed by atoms with Gasteiger partial charge in [-0.15, -0.1) is 0 Å². The summed E-state index contributed by atoms with van der Waals surface area (Å²) in [5.41, 5.74) is 2.25. The Balaban J connectivity index is 2.48. The smallest absolute Gasteiger partial charge is 0.408 e. The molecule has 2 unspecified atom stereocenters. The molecule has 0 bridgehead atoms. The number of ether oxygens (including phenoxy) is 1. The van der Waals surface area contributed by atoms with Crippen molar-refractivity contribution in [2.24, 2.45) is 5.92 Å². The van der Waals surface area contributed by atoms with Crippen LogP contribution in [0.2, 0.25) is 0 Å². The molecule has 7 heteroatoms.